The Morgan fingerprint density at radius 3 is 2.90 bits per heavy atom. The molecule has 1 heterocycles. The minimum atomic E-state index is -0.471. The van der Waals surface area contributed by atoms with Crippen LogP contribution in [0, 0.1) is 0 Å². The standard InChI is InChI=1S/C14H13NO4S2/c1-19-14(18)13-11(5-6-20-13)15-12(17)8-21-10-4-2-3-9(16)7-10/h2-7,16H,8H2,1H3,(H,15,17). The quantitative estimate of drug-likeness (QED) is 0.653. The van der Waals surface area contributed by atoms with Gasteiger partial charge in [-0.15, -0.1) is 23.1 Å². The Balaban J connectivity index is 1.93. The average Bonchev–Trinajstić information content (AvgIpc) is 2.92. The normalized spacial score (nSPS) is 10.1. The third kappa shape index (κ3) is 4.24. The van der Waals surface area contributed by atoms with Crippen molar-refractivity contribution in [3.63, 3.8) is 0 Å². The molecule has 0 saturated heterocycles. The first-order valence-electron chi connectivity index (χ1n) is 5.97. The van der Waals surface area contributed by atoms with Crippen molar-refractivity contribution in [3.05, 3.63) is 40.6 Å². The maximum Gasteiger partial charge on any atom is 0.350 e. The lowest BCUT2D eigenvalue weighted by Gasteiger charge is -2.05. The highest BCUT2D eigenvalue weighted by Crippen LogP contribution is 2.25. The number of methoxy groups -OCH3 is 1. The zero-order valence-electron chi connectivity index (χ0n) is 11.2. The molecule has 2 rings (SSSR count). The summed E-state index contributed by atoms with van der Waals surface area (Å²) in [5.74, 6) is -0.362. The third-order valence-corrected chi connectivity index (χ3v) is 4.39. The van der Waals surface area contributed by atoms with Crippen molar-refractivity contribution >= 4 is 40.7 Å². The molecule has 0 fully saturated rings. The van der Waals surface area contributed by atoms with Crippen molar-refractivity contribution in [1.29, 1.82) is 0 Å². The van der Waals surface area contributed by atoms with Crippen molar-refractivity contribution in [1.82, 2.24) is 0 Å². The predicted octanol–water partition coefficient (Wildman–Crippen LogP) is 2.97. The van der Waals surface area contributed by atoms with Crippen LogP contribution in [0.25, 0.3) is 0 Å². The van der Waals surface area contributed by atoms with Gasteiger partial charge in [-0.1, -0.05) is 6.07 Å². The summed E-state index contributed by atoms with van der Waals surface area (Å²) in [5.41, 5.74) is 0.452. The van der Waals surface area contributed by atoms with Gasteiger partial charge in [0.05, 0.1) is 18.6 Å². The first-order valence-corrected chi connectivity index (χ1v) is 7.84. The Bertz CT molecular complexity index is 654. The fourth-order valence-electron chi connectivity index (χ4n) is 1.57. The van der Waals surface area contributed by atoms with E-state index in [9.17, 15) is 14.7 Å². The fourth-order valence-corrected chi connectivity index (χ4v) is 3.08. The minimum Gasteiger partial charge on any atom is -0.508 e. The lowest BCUT2D eigenvalue weighted by molar-refractivity contribution is -0.113. The molecule has 0 saturated carbocycles. The zero-order chi connectivity index (χ0) is 15.2. The second-order valence-corrected chi connectivity index (χ2v) is 5.95. The van der Waals surface area contributed by atoms with E-state index in [1.807, 2.05) is 6.07 Å². The van der Waals surface area contributed by atoms with E-state index in [4.69, 9.17) is 0 Å². The number of aromatic hydroxyl groups is 1. The molecule has 0 radical (unpaired) electrons. The summed E-state index contributed by atoms with van der Waals surface area (Å²) in [6.07, 6.45) is 0. The van der Waals surface area contributed by atoms with Gasteiger partial charge in [-0.25, -0.2) is 4.79 Å². The second-order valence-electron chi connectivity index (χ2n) is 3.99. The molecule has 2 N–H and O–H groups in total. The van der Waals surface area contributed by atoms with Gasteiger partial charge in [-0.05, 0) is 29.6 Å². The molecule has 0 aliphatic carbocycles. The molecule has 0 spiro atoms. The number of esters is 1. The molecule has 1 aromatic heterocycles. The van der Waals surface area contributed by atoms with E-state index in [0.29, 0.717) is 10.6 Å². The summed E-state index contributed by atoms with van der Waals surface area (Å²) >= 11 is 2.51. The molecule has 0 bridgehead atoms. The number of thioether (sulfide) groups is 1. The van der Waals surface area contributed by atoms with Crippen molar-refractivity contribution < 1.29 is 19.4 Å². The van der Waals surface area contributed by atoms with Gasteiger partial charge >= 0.3 is 5.97 Å². The summed E-state index contributed by atoms with van der Waals surface area (Å²) in [6, 6.07) is 8.33. The molecule has 0 aliphatic rings. The van der Waals surface area contributed by atoms with E-state index in [2.05, 4.69) is 10.1 Å². The third-order valence-electron chi connectivity index (χ3n) is 2.50. The number of benzene rings is 1. The fraction of sp³-hybridized carbons (Fsp3) is 0.143. The van der Waals surface area contributed by atoms with Crippen molar-refractivity contribution in [2.75, 3.05) is 18.2 Å². The summed E-state index contributed by atoms with van der Waals surface area (Å²) in [4.78, 5) is 24.6. The molecule has 7 heteroatoms. The predicted molar refractivity (Wildman–Crippen MR) is 83.1 cm³/mol. The largest absolute Gasteiger partial charge is 0.508 e. The van der Waals surface area contributed by atoms with E-state index in [1.54, 1.807) is 29.6 Å². The average molecular weight is 323 g/mol. The smallest absolute Gasteiger partial charge is 0.350 e. The van der Waals surface area contributed by atoms with E-state index >= 15 is 0 Å². The highest BCUT2D eigenvalue weighted by Gasteiger charge is 2.15. The number of carbonyl (C=O) groups is 2. The van der Waals surface area contributed by atoms with Gasteiger partial charge in [0.15, 0.2) is 0 Å². The number of hydrogen-bond donors (Lipinski definition) is 2. The number of anilines is 1. The topological polar surface area (TPSA) is 75.6 Å². The number of rotatable bonds is 5. The summed E-state index contributed by atoms with van der Waals surface area (Å²) < 4.78 is 4.65. The van der Waals surface area contributed by atoms with Crippen molar-refractivity contribution in [2.24, 2.45) is 0 Å². The molecule has 2 aromatic rings. The number of phenolic OH excluding ortho intramolecular Hbond substituents is 1. The Kier molecular flexibility index (Phi) is 5.24. The summed E-state index contributed by atoms with van der Waals surface area (Å²) in [6.45, 7) is 0. The molecule has 5 nitrogen and oxygen atoms in total. The maximum atomic E-state index is 11.9. The number of hydrogen-bond acceptors (Lipinski definition) is 6. The van der Waals surface area contributed by atoms with Gasteiger partial charge in [-0.3, -0.25) is 4.79 Å². The van der Waals surface area contributed by atoms with Crippen LogP contribution < -0.4 is 5.32 Å². The Labute approximate surface area is 129 Å². The SMILES string of the molecule is COC(=O)c1sccc1NC(=O)CSc1cccc(O)c1. The first kappa shape index (κ1) is 15.4. The molecule has 1 aromatic carbocycles. The highest BCUT2D eigenvalue weighted by molar-refractivity contribution is 8.00. The molecule has 110 valence electrons. The molecular weight excluding hydrogens is 310 g/mol. The molecule has 0 aliphatic heterocycles. The van der Waals surface area contributed by atoms with Crippen LogP contribution in [0.4, 0.5) is 5.69 Å². The first-order chi connectivity index (χ1) is 10.1. The Morgan fingerprint density at radius 2 is 2.19 bits per heavy atom. The van der Waals surface area contributed by atoms with Crippen LogP contribution in [-0.4, -0.2) is 29.8 Å². The molecule has 0 unspecified atom stereocenters. The van der Waals surface area contributed by atoms with E-state index < -0.39 is 5.97 Å². The minimum absolute atomic E-state index is 0.159. The second kappa shape index (κ2) is 7.14. The van der Waals surface area contributed by atoms with E-state index in [0.717, 1.165) is 4.90 Å². The van der Waals surface area contributed by atoms with Crippen LogP contribution in [0.15, 0.2) is 40.6 Å². The van der Waals surface area contributed by atoms with Crippen LogP contribution in [0.3, 0.4) is 0 Å². The van der Waals surface area contributed by atoms with Gasteiger partial charge in [0.2, 0.25) is 5.91 Å². The monoisotopic (exact) mass is 323 g/mol. The summed E-state index contributed by atoms with van der Waals surface area (Å²) in [5, 5.41) is 13.7. The highest BCUT2D eigenvalue weighted by atomic mass is 32.2. The van der Waals surface area contributed by atoms with Gasteiger partial charge in [-0.2, -0.15) is 0 Å². The summed E-state index contributed by atoms with van der Waals surface area (Å²) in [7, 11) is 1.30. The van der Waals surface area contributed by atoms with Crippen LogP contribution in [0.1, 0.15) is 9.67 Å². The van der Waals surface area contributed by atoms with Crippen LogP contribution in [0.2, 0.25) is 0 Å². The number of amides is 1. The zero-order valence-corrected chi connectivity index (χ0v) is 12.8. The van der Waals surface area contributed by atoms with Gasteiger partial charge in [0.1, 0.15) is 10.6 Å². The number of nitrogens with one attached hydrogen (secondary N) is 1. The number of ether oxygens (including phenoxy) is 1. The van der Waals surface area contributed by atoms with Crippen LogP contribution in [0.5, 0.6) is 5.75 Å². The number of phenols is 1. The van der Waals surface area contributed by atoms with Gasteiger partial charge in [0.25, 0.3) is 0 Å². The van der Waals surface area contributed by atoms with E-state index in [-0.39, 0.29) is 17.4 Å². The van der Waals surface area contributed by atoms with Crippen molar-refractivity contribution in [2.45, 2.75) is 4.90 Å². The maximum absolute atomic E-state index is 11.9. The molecule has 21 heavy (non-hydrogen) atoms. The lowest BCUT2D eigenvalue weighted by atomic mass is 10.3. The van der Waals surface area contributed by atoms with Gasteiger partial charge in [0, 0.05) is 4.90 Å². The Hall–Kier alpha value is -1.99. The van der Waals surface area contributed by atoms with Crippen LogP contribution >= 0.6 is 23.1 Å². The number of carbonyl (C=O) groups excluding carboxylic acids is 2. The van der Waals surface area contributed by atoms with Crippen molar-refractivity contribution in [3.8, 4) is 5.75 Å². The van der Waals surface area contributed by atoms with Gasteiger partial charge < -0.3 is 15.2 Å². The number of thiophene rings is 1. The van der Waals surface area contributed by atoms with Crippen LogP contribution in [-0.2, 0) is 9.53 Å². The lowest BCUT2D eigenvalue weighted by Crippen LogP contribution is -2.15. The van der Waals surface area contributed by atoms with E-state index in [1.165, 1.54) is 30.2 Å². The molecule has 1 amide bonds. The Morgan fingerprint density at radius 1 is 1.38 bits per heavy atom. The molecule has 0 atom stereocenters. The molecular formula is C14H13NO4S2.